The summed E-state index contributed by atoms with van der Waals surface area (Å²) in [5.41, 5.74) is 3.19. The summed E-state index contributed by atoms with van der Waals surface area (Å²) in [5, 5.41) is 0.780. The standard InChI is InChI=1S/C23H28ClNO/c1-5-14-23(4)21(22(26)16(2)3)18-11-7-9-13-20(18)25(23)15-17-10-6-8-12-19(17)24/h6-13,16,21H,5,14-15H2,1-4H3. The van der Waals surface area contributed by atoms with Gasteiger partial charge in [-0.15, -0.1) is 0 Å². The van der Waals surface area contributed by atoms with Crippen molar-refractivity contribution in [3.63, 3.8) is 0 Å². The van der Waals surface area contributed by atoms with E-state index in [4.69, 9.17) is 11.6 Å². The largest absolute Gasteiger partial charge is 0.360 e. The lowest BCUT2D eigenvalue weighted by molar-refractivity contribution is -0.124. The average molecular weight is 370 g/mol. The summed E-state index contributed by atoms with van der Waals surface area (Å²) in [7, 11) is 0. The van der Waals surface area contributed by atoms with E-state index in [0.717, 1.165) is 35.5 Å². The molecule has 0 spiro atoms. The summed E-state index contributed by atoms with van der Waals surface area (Å²) >= 11 is 6.46. The summed E-state index contributed by atoms with van der Waals surface area (Å²) in [6.45, 7) is 9.17. The predicted octanol–water partition coefficient (Wildman–Crippen LogP) is 6.23. The van der Waals surface area contributed by atoms with Crippen LogP contribution in [0.5, 0.6) is 0 Å². The number of nitrogens with zero attached hydrogens (tertiary/aromatic N) is 1. The van der Waals surface area contributed by atoms with Crippen molar-refractivity contribution in [3.8, 4) is 0 Å². The third kappa shape index (κ3) is 3.16. The summed E-state index contributed by atoms with van der Waals surface area (Å²) in [6, 6.07) is 16.4. The number of ketones is 1. The third-order valence-electron chi connectivity index (χ3n) is 5.67. The summed E-state index contributed by atoms with van der Waals surface area (Å²) in [4.78, 5) is 15.6. The van der Waals surface area contributed by atoms with Gasteiger partial charge in [0, 0.05) is 23.2 Å². The van der Waals surface area contributed by atoms with Crippen molar-refractivity contribution < 1.29 is 4.79 Å². The molecule has 138 valence electrons. The lowest BCUT2D eigenvalue weighted by Crippen LogP contribution is -2.48. The molecular formula is C23H28ClNO. The molecule has 0 bridgehead atoms. The number of para-hydroxylation sites is 1. The fourth-order valence-corrected chi connectivity index (χ4v) is 4.58. The molecule has 0 fully saturated rings. The first-order chi connectivity index (χ1) is 12.4. The van der Waals surface area contributed by atoms with Crippen LogP contribution < -0.4 is 4.90 Å². The quantitative estimate of drug-likeness (QED) is 0.601. The van der Waals surface area contributed by atoms with Gasteiger partial charge in [-0.1, -0.05) is 75.2 Å². The molecule has 0 saturated carbocycles. The minimum atomic E-state index is -0.237. The van der Waals surface area contributed by atoms with Crippen LogP contribution in [0.2, 0.25) is 5.02 Å². The van der Waals surface area contributed by atoms with Gasteiger partial charge in [-0.3, -0.25) is 4.79 Å². The van der Waals surface area contributed by atoms with Gasteiger partial charge < -0.3 is 4.90 Å². The van der Waals surface area contributed by atoms with E-state index in [0.29, 0.717) is 5.78 Å². The van der Waals surface area contributed by atoms with Crippen LogP contribution in [0.15, 0.2) is 48.5 Å². The number of fused-ring (bicyclic) bond motifs is 1. The number of carbonyl (C=O) groups is 1. The Morgan fingerprint density at radius 1 is 1.15 bits per heavy atom. The first-order valence-corrected chi connectivity index (χ1v) is 9.91. The highest BCUT2D eigenvalue weighted by Gasteiger charge is 2.50. The maximum Gasteiger partial charge on any atom is 0.145 e. The van der Waals surface area contributed by atoms with Gasteiger partial charge in [0.2, 0.25) is 0 Å². The molecular weight excluding hydrogens is 342 g/mol. The van der Waals surface area contributed by atoms with Crippen LogP contribution in [0.1, 0.15) is 57.6 Å². The fraction of sp³-hybridized carbons (Fsp3) is 0.435. The number of hydrogen-bond donors (Lipinski definition) is 0. The summed E-state index contributed by atoms with van der Waals surface area (Å²) in [6.07, 6.45) is 2.00. The van der Waals surface area contributed by atoms with Gasteiger partial charge in [0.1, 0.15) is 5.78 Å². The second-order valence-electron chi connectivity index (χ2n) is 7.83. The van der Waals surface area contributed by atoms with Gasteiger partial charge >= 0.3 is 0 Å². The molecule has 2 nitrogen and oxygen atoms in total. The Balaban J connectivity index is 2.12. The van der Waals surface area contributed by atoms with Crippen LogP contribution in [-0.2, 0) is 11.3 Å². The Kier molecular flexibility index (Phi) is 5.43. The number of anilines is 1. The molecule has 3 rings (SSSR count). The minimum Gasteiger partial charge on any atom is -0.360 e. The lowest BCUT2D eigenvalue weighted by Gasteiger charge is -2.41. The van der Waals surface area contributed by atoms with E-state index in [2.05, 4.69) is 43.0 Å². The van der Waals surface area contributed by atoms with E-state index in [1.807, 2.05) is 38.1 Å². The molecule has 2 unspecified atom stereocenters. The molecule has 26 heavy (non-hydrogen) atoms. The van der Waals surface area contributed by atoms with Crippen LogP contribution in [0.25, 0.3) is 0 Å². The summed E-state index contributed by atoms with van der Waals surface area (Å²) in [5.74, 6) is 0.251. The maximum absolute atomic E-state index is 13.2. The molecule has 2 aromatic carbocycles. The van der Waals surface area contributed by atoms with Crippen molar-refractivity contribution in [1.29, 1.82) is 0 Å². The Labute approximate surface area is 162 Å². The molecule has 0 aromatic heterocycles. The third-order valence-corrected chi connectivity index (χ3v) is 6.04. The Bertz CT molecular complexity index is 800. The van der Waals surface area contributed by atoms with Crippen molar-refractivity contribution in [2.75, 3.05) is 4.90 Å². The first-order valence-electron chi connectivity index (χ1n) is 9.53. The van der Waals surface area contributed by atoms with E-state index < -0.39 is 0 Å². The fourth-order valence-electron chi connectivity index (χ4n) is 4.38. The number of Topliss-reactive ketones (excluding diaryl/α,β-unsaturated/α-hetero) is 1. The maximum atomic E-state index is 13.2. The summed E-state index contributed by atoms with van der Waals surface area (Å²) < 4.78 is 0. The SMILES string of the molecule is CCCC1(C)C(C(=O)C(C)C)c2ccccc2N1Cc1ccccc1Cl. The van der Waals surface area contributed by atoms with Crippen LogP contribution >= 0.6 is 11.6 Å². The van der Waals surface area contributed by atoms with E-state index >= 15 is 0 Å². The Hall–Kier alpha value is -1.80. The van der Waals surface area contributed by atoms with Gasteiger partial charge in [-0.05, 0) is 36.6 Å². The number of halogens is 1. The van der Waals surface area contributed by atoms with Crippen molar-refractivity contribution in [2.45, 2.75) is 58.5 Å². The van der Waals surface area contributed by atoms with Crippen molar-refractivity contribution in [2.24, 2.45) is 5.92 Å². The Morgan fingerprint density at radius 2 is 1.81 bits per heavy atom. The van der Waals surface area contributed by atoms with Crippen molar-refractivity contribution >= 4 is 23.1 Å². The topological polar surface area (TPSA) is 20.3 Å². The minimum absolute atomic E-state index is 0.0181. The highest BCUT2D eigenvalue weighted by molar-refractivity contribution is 6.31. The van der Waals surface area contributed by atoms with Crippen molar-refractivity contribution in [1.82, 2.24) is 0 Å². The zero-order chi connectivity index (χ0) is 18.9. The van der Waals surface area contributed by atoms with Crippen LogP contribution in [0.3, 0.4) is 0 Å². The van der Waals surface area contributed by atoms with Gasteiger partial charge in [0.05, 0.1) is 11.5 Å². The number of carbonyl (C=O) groups excluding carboxylic acids is 1. The van der Waals surface area contributed by atoms with E-state index in [9.17, 15) is 4.79 Å². The molecule has 0 amide bonds. The molecule has 2 aromatic rings. The average Bonchev–Trinajstić information content (AvgIpc) is 2.85. The Morgan fingerprint density at radius 3 is 2.46 bits per heavy atom. The van der Waals surface area contributed by atoms with E-state index in [1.165, 1.54) is 5.69 Å². The molecule has 0 aliphatic carbocycles. The first kappa shape index (κ1) is 19.0. The van der Waals surface area contributed by atoms with Gasteiger partial charge in [0.25, 0.3) is 0 Å². The predicted molar refractivity (Wildman–Crippen MR) is 110 cm³/mol. The molecule has 1 heterocycles. The molecule has 2 atom stereocenters. The van der Waals surface area contributed by atoms with Crippen molar-refractivity contribution in [3.05, 3.63) is 64.7 Å². The van der Waals surface area contributed by atoms with E-state index in [-0.39, 0.29) is 17.4 Å². The highest BCUT2D eigenvalue weighted by atomic mass is 35.5. The number of rotatable bonds is 6. The lowest BCUT2D eigenvalue weighted by atomic mass is 9.75. The molecule has 3 heteroatoms. The highest BCUT2D eigenvalue weighted by Crippen LogP contribution is 2.51. The molecule has 0 N–H and O–H groups in total. The molecule has 1 aliphatic rings. The second kappa shape index (κ2) is 7.44. The number of hydrogen-bond acceptors (Lipinski definition) is 2. The number of benzene rings is 2. The smallest absolute Gasteiger partial charge is 0.145 e. The normalized spacial score (nSPS) is 21.9. The molecule has 0 saturated heterocycles. The van der Waals surface area contributed by atoms with Gasteiger partial charge in [0.15, 0.2) is 0 Å². The molecule has 1 aliphatic heterocycles. The molecule has 0 radical (unpaired) electrons. The van der Waals surface area contributed by atoms with Gasteiger partial charge in [-0.2, -0.15) is 0 Å². The zero-order valence-corrected chi connectivity index (χ0v) is 16.9. The van der Waals surface area contributed by atoms with Crippen LogP contribution in [0, 0.1) is 5.92 Å². The zero-order valence-electron chi connectivity index (χ0n) is 16.1. The van der Waals surface area contributed by atoms with E-state index in [1.54, 1.807) is 0 Å². The van der Waals surface area contributed by atoms with Crippen LogP contribution in [-0.4, -0.2) is 11.3 Å². The van der Waals surface area contributed by atoms with Crippen LogP contribution in [0.4, 0.5) is 5.69 Å². The second-order valence-corrected chi connectivity index (χ2v) is 8.24. The van der Waals surface area contributed by atoms with Gasteiger partial charge in [-0.25, -0.2) is 0 Å². The monoisotopic (exact) mass is 369 g/mol.